The fourth-order valence-corrected chi connectivity index (χ4v) is 9.94. The van der Waals surface area contributed by atoms with Crippen LogP contribution in [-0.4, -0.2) is 39.1 Å². The Bertz CT molecular complexity index is 1610. The fraction of sp³-hybridized carbons (Fsp3) is 0.250. The van der Waals surface area contributed by atoms with Gasteiger partial charge in [0.25, 0.3) is 0 Å². The molecule has 0 amide bonds. The van der Waals surface area contributed by atoms with Crippen molar-refractivity contribution < 1.29 is 9.59 Å². The van der Waals surface area contributed by atoms with Crippen LogP contribution < -0.4 is 0 Å². The smallest absolute Gasteiger partial charge is 0.313 e. The quantitative estimate of drug-likeness (QED) is 0.0844. The first-order valence-electron chi connectivity index (χ1n) is 13.5. The lowest BCUT2D eigenvalue weighted by molar-refractivity contribution is 0.102. The molecule has 0 unspecified atom stereocenters. The predicted molar refractivity (Wildman–Crippen MR) is 173 cm³/mol. The number of isothiocyanates is 2. The lowest BCUT2D eigenvalue weighted by atomic mass is 10.0. The van der Waals surface area contributed by atoms with Crippen molar-refractivity contribution in [2.45, 2.75) is 54.4 Å². The molecule has 0 saturated carbocycles. The van der Waals surface area contributed by atoms with Crippen LogP contribution in [0.25, 0.3) is 0 Å². The highest BCUT2D eigenvalue weighted by atomic mass is 32.1. The van der Waals surface area contributed by atoms with Crippen LogP contribution in [0.2, 0.25) is 0 Å². The molecular formula is C32H32N4O2S2Si. The highest BCUT2D eigenvalue weighted by Gasteiger charge is 2.50. The number of aromatic nitrogens is 2. The van der Waals surface area contributed by atoms with Gasteiger partial charge in [-0.3, -0.25) is 9.59 Å². The molecule has 2 aromatic carbocycles. The van der Waals surface area contributed by atoms with Crippen molar-refractivity contribution in [1.82, 2.24) is 8.47 Å². The summed E-state index contributed by atoms with van der Waals surface area (Å²) in [6.07, 6.45) is 1.37. The number of hydrogen-bond acceptors (Lipinski definition) is 6. The topological polar surface area (TPSA) is 68.7 Å². The van der Waals surface area contributed by atoms with Gasteiger partial charge in [0.1, 0.15) is 0 Å². The van der Waals surface area contributed by atoms with Crippen molar-refractivity contribution in [3.8, 4) is 0 Å². The first kappa shape index (κ1) is 30.1. The maximum absolute atomic E-state index is 14.3. The molecular weight excluding hydrogens is 565 g/mol. The summed E-state index contributed by atoms with van der Waals surface area (Å²) >= 11 is 10.5. The Morgan fingerprint density at radius 1 is 0.683 bits per heavy atom. The molecule has 0 aliphatic rings. The number of ketones is 2. The summed E-state index contributed by atoms with van der Waals surface area (Å²) in [5, 5.41) is 5.15. The molecule has 6 nitrogen and oxygen atoms in total. The van der Waals surface area contributed by atoms with Crippen molar-refractivity contribution in [1.29, 1.82) is 0 Å². The van der Waals surface area contributed by atoms with Gasteiger partial charge in [0.2, 0.25) is 11.6 Å². The van der Waals surface area contributed by atoms with E-state index in [9.17, 15) is 9.59 Å². The minimum Gasteiger partial charge on any atom is -0.313 e. The molecule has 0 aliphatic heterocycles. The molecule has 0 aliphatic carbocycles. The van der Waals surface area contributed by atoms with Crippen molar-refractivity contribution >= 4 is 55.0 Å². The minimum atomic E-state index is -3.96. The predicted octanol–water partition coefficient (Wildman–Crippen LogP) is 7.15. The largest absolute Gasteiger partial charge is 0.566 e. The Labute approximate surface area is 252 Å². The van der Waals surface area contributed by atoms with Gasteiger partial charge in [-0.2, -0.15) is 0 Å². The van der Waals surface area contributed by atoms with Crippen LogP contribution in [0.5, 0.6) is 0 Å². The summed E-state index contributed by atoms with van der Waals surface area (Å²) in [6.45, 7) is 11.9. The van der Waals surface area contributed by atoms with Crippen LogP contribution in [0.1, 0.15) is 79.6 Å². The van der Waals surface area contributed by atoms with E-state index in [1.807, 2.05) is 72.6 Å². The lowest BCUT2D eigenvalue weighted by Crippen LogP contribution is -2.52. The number of carbonyl (C=O) groups excluding carboxylic acids is 2. The Morgan fingerprint density at radius 3 is 1.32 bits per heavy atom. The van der Waals surface area contributed by atoms with E-state index >= 15 is 0 Å². The molecule has 0 bridgehead atoms. The Kier molecular flexibility index (Phi) is 9.07. The molecule has 2 aromatic heterocycles. The average Bonchev–Trinajstić information content (AvgIpc) is 3.40. The highest BCUT2D eigenvalue weighted by Crippen LogP contribution is 2.35. The summed E-state index contributed by atoms with van der Waals surface area (Å²) in [7, 11) is -3.96. The van der Waals surface area contributed by atoms with Crippen LogP contribution in [-0.2, 0) is 12.8 Å². The van der Waals surface area contributed by atoms with E-state index in [1.54, 1.807) is 24.3 Å². The number of thiocarbonyl (C=S) groups is 2. The van der Waals surface area contributed by atoms with E-state index in [0.717, 1.165) is 33.6 Å². The van der Waals surface area contributed by atoms with E-state index in [1.165, 1.54) is 0 Å². The van der Waals surface area contributed by atoms with E-state index in [0.29, 0.717) is 35.4 Å². The summed E-state index contributed by atoms with van der Waals surface area (Å²) in [4.78, 5) is 28.5. The fourth-order valence-electron chi connectivity index (χ4n) is 6.00. The molecule has 0 N–H and O–H groups in total. The van der Waals surface area contributed by atoms with Gasteiger partial charge in [-0.25, -0.2) is 9.32 Å². The molecule has 0 radical (unpaired) electrons. The normalized spacial score (nSPS) is 11.1. The summed E-state index contributed by atoms with van der Waals surface area (Å²) < 4.78 is 13.4. The van der Waals surface area contributed by atoms with Crippen molar-refractivity contribution in [3.05, 3.63) is 117 Å². The number of hydrogen-bond donors (Lipinski definition) is 0. The molecule has 0 saturated heterocycles. The standard InChI is InChI=1S/C32H32N4O2S2Si/c1-7-27-21(3)29(31(37)25-15-11-9-12-16-25)35(23(27)5)41(33-19-39,34-20-40)36-24(6)28(8-2)22(4)30(36)32(38)26-17-13-10-14-18-26/h9-18H,7-8H2,1-6H3. The van der Waals surface area contributed by atoms with E-state index in [-0.39, 0.29) is 11.6 Å². The third-order valence-corrected chi connectivity index (χ3v) is 11.5. The molecule has 0 fully saturated rings. The molecule has 2 heterocycles. The third-order valence-electron chi connectivity index (χ3n) is 7.81. The molecule has 208 valence electrons. The first-order valence-corrected chi connectivity index (χ1v) is 16.1. The van der Waals surface area contributed by atoms with Gasteiger partial charge in [-0.05, 0) is 87.2 Å². The second-order valence-corrected chi connectivity index (χ2v) is 12.8. The summed E-state index contributed by atoms with van der Waals surface area (Å²) in [6, 6.07) is 18.2. The molecule has 4 rings (SSSR count). The van der Waals surface area contributed by atoms with Gasteiger partial charge in [-0.15, -0.1) is 0 Å². The zero-order valence-corrected chi connectivity index (χ0v) is 26.7. The Morgan fingerprint density at radius 2 is 1.02 bits per heavy atom. The Balaban J connectivity index is 2.23. The van der Waals surface area contributed by atoms with E-state index < -0.39 is 8.72 Å². The lowest BCUT2D eigenvalue weighted by Gasteiger charge is -2.29. The van der Waals surface area contributed by atoms with Crippen LogP contribution in [0, 0.1) is 27.7 Å². The summed E-state index contributed by atoms with van der Waals surface area (Å²) in [5.74, 6) is -0.342. The Hall–Kier alpha value is -3.84. The SMILES string of the molecule is CCc1c(C)c(C(=O)c2ccccc2)n([Si](N=C=S)(N=C=S)n2c(C)c(CC)c(C)c2C(=O)c2ccccc2)c1C. The van der Waals surface area contributed by atoms with Gasteiger partial charge in [0.15, 0.2) is 0 Å². The molecule has 0 spiro atoms. The zero-order chi connectivity index (χ0) is 29.9. The van der Waals surface area contributed by atoms with Gasteiger partial charge >= 0.3 is 8.72 Å². The van der Waals surface area contributed by atoms with E-state index in [2.05, 4.69) is 24.2 Å². The molecule has 41 heavy (non-hydrogen) atoms. The number of nitrogens with zero attached hydrogens (tertiary/aromatic N) is 4. The van der Waals surface area contributed by atoms with Crippen LogP contribution in [0.15, 0.2) is 70.0 Å². The van der Waals surface area contributed by atoms with Crippen molar-refractivity contribution in [3.63, 3.8) is 0 Å². The van der Waals surface area contributed by atoms with Crippen molar-refractivity contribution in [2.75, 3.05) is 0 Å². The number of rotatable bonds is 10. The van der Waals surface area contributed by atoms with Gasteiger partial charge < -0.3 is 8.47 Å². The summed E-state index contributed by atoms with van der Waals surface area (Å²) in [5.41, 5.74) is 7.29. The zero-order valence-electron chi connectivity index (χ0n) is 24.1. The average molecular weight is 597 g/mol. The first-order chi connectivity index (χ1) is 19.7. The van der Waals surface area contributed by atoms with Gasteiger partial charge in [0.05, 0.1) is 21.7 Å². The minimum absolute atomic E-state index is 0.171. The maximum atomic E-state index is 14.3. The van der Waals surface area contributed by atoms with Crippen molar-refractivity contribution in [2.24, 2.45) is 9.32 Å². The van der Waals surface area contributed by atoms with Gasteiger partial charge in [-0.1, -0.05) is 74.5 Å². The van der Waals surface area contributed by atoms with Crippen LogP contribution in [0.3, 0.4) is 0 Å². The number of benzene rings is 2. The second kappa shape index (κ2) is 12.3. The highest BCUT2D eigenvalue weighted by molar-refractivity contribution is 7.78. The van der Waals surface area contributed by atoms with E-state index in [4.69, 9.17) is 33.8 Å². The third kappa shape index (κ3) is 4.97. The monoisotopic (exact) mass is 596 g/mol. The van der Waals surface area contributed by atoms with Crippen LogP contribution in [0.4, 0.5) is 0 Å². The van der Waals surface area contributed by atoms with Gasteiger partial charge in [0, 0.05) is 22.5 Å². The second-order valence-electron chi connectivity index (χ2n) is 9.85. The molecule has 0 atom stereocenters. The maximum Gasteiger partial charge on any atom is 0.566 e. The van der Waals surface area contributed by atoms with Crippen LogP contribution >= 0.6 is 24.4 Å². The number of carbonyl (C=O) groups is 2. The molecule has 9 heteroatoms. The molecule has 4 aromatic rings.